The summed E-state index contributed by atoms with van der Waals surface area (Å²) in [5.41, 5.74) is 22.2. The minimum atomic E-state index is -0.103. The number of nitrogens with zero attached hydrogens (tertiary/aromatic N) is 2. The van der Waals surface area contributed by atoms with Gasteiger partial charge in [-0.1, -0.05) is 201 Å². The van der Waals surface area contributed by atoms with Crippen LogP contribution in [-0.2, 0) is 34.5 Å². The molecule has 0 saturated heterocycles. The molecule has 4 heteroatoms. The van der Waals surface area contributed by atoms with Crippen LogP contribution in [0.3, 0.4) is 0 Å². The summed E-state index contributed by atoms with van der Waals surface area (Å²) in [6.07, 6.45) is 11.1. The second-order valence-corrected chi connectivity index (χ2v) is 28.1. The van der Waals surface area contributed by atoms with Crippen molar-refractivity contribution in [1.82, 2.24) is 19.9 Å². The molecule has 0 atom stereocenters. The van der Waals surface area contributed by atoms with Crippen molar-refractivity contribution in [3.05, 3.63) is 178 Å². The first-order chi connectivity index (χ1) is 39.1. The second-order valence-electron chi connectivity index (χ2n) is 28.1. The van der Waals surface area contributed by atoms with Crippen molar-refractivity contribution >= 4 is 99.1 Å². The van der Waals surface area contributed by atoms with Crippen LogP contribution >= 0.6 is 0 Å². The van der Waals surface area contributed by atoms with E-state index in [1.807, 2.05) is 0 Å². The Balaban J connectivity index is 1.29. The topological polar surface area (TPSA) is 57.4 Å². The highest BCUT2D eigenvalue weighted by atomic mass is 14.8. The van der Waals surface area contributed by atoms with Crippen molar-refractivity contribution in [2.75, 3.05) is 0 Å². The van der Waals surface area contributed by atoms with Gasteiger partial charge in [0.15, 0.2) is 0 Å². The minimum Gasteiger partial charge on any atom is -0.354 e. The van der Waals surface area contributed by atoms with Crippen LogP contribution in [0.15, 0.2) is 133 Å². The van der Waals surface area contributed by atoms with Crippen LogP contribution in [0.4, 0.5) is 0 Å². The lowest BCUT2D eigenvalue weighted by molar-refractivity contribution is 0.568. The Morgan fingerprint density at radius 1 is 0.366 bits per heavy atom. The first-order valence-electron chi connectivity index (χ1n) is 30.4. The molecule has 0 amide bonds. The molecule has 0 aliphatic carbocycles. The van der Waals surface area contributed by atoms with Gasteiger partial charge in [0.1, 0.15) is 0 Å². The number of nitrogens with one attached hydrogen (secondary N) is 2. The van der Waals surface area contributed by atoms with Crippen molar-refractivity contribution in [2.45, 2.75) is 157 Å². The van der Waals surface area contributed by atoms with Crippen LogP contribution in [0, 0.1) is 0 Å². The SMILES string of the molecule is CCCCc1ccc2cc3c4cc5nc4c(c4ccc([nH]4)c(-c4cc(C(C)(C)C)cc(C(C)(C)C)c4)c4nc(c(-c6ccccc6)c6ccc([nH]6)c5-c5cc(C(C)(C)C)cc(C(C)(C)C)c5)C=C4)c4cc(CCCC)c5ccc1c2c5c34. The molecule has 12 aromatic rings. The van der Waals surface area contributed by atoms with Crippen LogP contribution < -0.4 is 0 Å². The zero-order valence-corrected chi connectivity index (χ0v) is 51.0. The van der Waals surface area contributed by atoms with E-state index in [0.717, 1.165) is 115 Å². The number of aromatic nitrogens is 4. The summed E-state index contributed by atoms with van der Waals surface area (Å²) in [7, 11) is 0. The zero-order chi connectivity index (χ0) is 57.4. The Morgan fingerprint density at radius 3 is 1.43 bits per heavy atom. The standard InChI is InChI=1S/C78H80N4/c1-15-17-22-45-26-27-48-41-57-58-44-66-70(50-38-53(77(9,10)11)43-54(39-50)78(12,13)14)64-33-31-61(80-64)68(46-24-20-19-21-25-46)60-30-32-62(79-60)69(49-36-51(75(3,4)5)42-52(37-49)76(6,7)8)63-34-35-65(81-63)72(74(58)82-66)59-40-47(23-18-16-2)56-29-28-55(45)67(48)73(56)71(57)59/h19-21,24-44,80-81H,15-18,22-23H2,1-14H3. The lowest BCUT2D eigenvalue weighted by Crippen LogP contribution is -2.16. The fraction of sp³-hybridized carbons (Fsp3) is 0.308. The molecule has 0 spiro atoms. The van der Waals surface area contributed by atoms with E-state index in [0.29, 0.717) is 0 Å². The van der Waals surface area contributed by atoms with E-state index in [1.165, 1.54) is 88.3 Å². The number of rotatable bonds is 9. The van der Waals surface area contributed by atoms with Gasteiger partial charge >= 0.3 is 0 Å². The summed E-state index contributed by atoms with van der Waals surface area (Å²) in [5.74, 6) is 0. The predicted molar refractivity (Wildman–Crippen MR) is 357 cm³/mol. The molecule has 13 rings (SSSR count). The predicted octanol–water partition coefficient (Wildman–Crippen LogP) is 22.3. The number of hydrogen-bond donors (Lipinski definition) is 2. The quantitative estimate of drug-likeness (QED) is 0.112. The molecule has 8 bridgehead atoms. The molecule has 412 valence electrons. The highest BCUT2D eigenvalue weighted by Crippen LogP contribution is 2.50. The van der Waals surface area contributed by atoms with Crippen molar-refractivity contribution in [3.63, 3.8) is 0 Å². The summed E-state index contributed by atoms with van der Waals surface area (Å²) in [6.45, 7) is 32.6. The highest BCUT2D eigenvalue weighted by molar-refractivity contribution is 6.41. The van der Waals surface area contributed by atoms with Gasteiger partial charge in [-0.25, -0.2) is 9.97 Å². The fourth-order valence-electron chi connectivity index (χ4n) is 13.3. The Labute approximate surface area is 485 Å². The molecule has 82 heavy (non-hydrogen) atoms. The molecule has 0 radical (unpaired) electrons. The molecule has 0 fully saturated rings. The average Bonchev–Trinajstić information content (AvgIpc) is 1.22. The minimum absolute atomic E-state index is 0.0906. The van der Waals surface area contributed by atoms with E-state index in [1.54, 1.807) is 0 Å². The Kier molecular flexibility index (Phi) is 12.7. The van der Waals surface area contributed by atoms with E-state index >= 15 is 0 Å². The van der Waals surface area contributed by atoms with Gasteiger partial charge in [0, 0.05) is 49.5 Å². The van der Waals surface area contributed by atoms with Gasteiger partial charge in [-0.2, -0.15) is 0 Å². The van der Waals surface area contributed by atoms with E-state index in [4.69, 9.17) is 9.97 Å². The van der Waals surface area contributed by atoms with Gasteiger partial charge in [-0.05, 0) is 195 Å². The van der Waals surface area contributed by atoms with Gasteiger partial charge in [-0.15, -0.1) is 0 Å². The van der Waals surface area contributed by atoms with E-state index in [9.17, 15) is 0 Å². The number of fused-ring (bicyclic) bond motifs is 10. The summed E-state index contributed by atoms with van der Waals surface area (Å²) in [4.78, 5) is 20.2. The zero-order valence-electron chi connectivity index (χ0n) is 51.0. The third-order valence-electron chi connectivity index (χ3n) is 18.0. The highest BCUT2D eigenvalue weighted by Gasteiger charge is 2.28. The van der Waals surface area contributed by atoms with E-state index < -0.39 is 0 Å². The fourth-order valence-corrected chi connectivity index (χ4v) is 13.3. The molecule has 1 aliphatic heterocycles. The number of H-pyrrole nitrogens is 2. The molecule has 0 saturated carbocycles. The maximum absolute atomic E-state index is 6.10. The summed E-state index contributed by atoms with van der Waals surface area (Å²) < 4.78 is 0. The Hall–Kier alpha value is -7.82. The largest absolute Gasteiger partial charge is 0.354 e. The van der Waals surface area contributed by atoms with Gasteiger partial charge < -0.3 is 9.97 Å². The van der Waals surface area contributed by atoms with Crippen LogP contribution in [0.5, 0.6) is 0 Å². The molecule has 4 aromatic heterocycles. The number of unbranched alkanes of at least 4 members (excludes halogenated alkanes) is 2. The molecule has 0 unspecified atom stereocenters. The summed E-state index contributed by atoms with van der Waals surface area (Å²) >= 11 is 0. The van der Waals surface area contributed by atoms with Gasteiger partial charge in [0.25, 0.3) is 0 Å². The van der Waals surface area contributed by atoms with Crippen LogP contribution in [0.2, 0.25) is 0 Å². The summed E-state index contributed by atoms with van der Waals surface area (Å²) in [6, 6.07) is 51.9. The Morgan fingerprint density at radius 2 is 0.866 bits per heavy atom. The van der Waals surface area contributed by atoms with E-state index in [-0.39, 0.29) is 21.7 Å². The number of aromatic amines is 2. The second kappa shape index (κ2) is 19.4. The third-order valence-corrected chi connectivity index (χ3v) is 18.0. The molecular formula is C78H80N4. The van der Waals surface area contributed by atoms with Gasteiger partial charge in [0.2, 0.25) is 0 Å². The van der Waals surface area contributed by atoms with Crippen LogP contribution in [0.1, 0.15) is 167 Å². The lowest BCUT2D eigenvalue weighted by Gasteiger charge is -2.26. The van der Waals surface area contributed by atoms with E-state index in [2.05, 4.69) is 253 Å². The van der Waals surface area contributed by atoms with Crippen molar-refractivity contribution < 1.29 is 0 Å². The third kappa shape index (κ3) is 9.04. The van der Waals surface area contributed by atoms with Crippen molar-refractivity contribution in [3.8, 4) is 33.4 Å². The van der Waals surface area contributed by atoms with Crippen molar-refractivity contribution in [1.29, 1.82) is 0 Å². The molecular weight excluding hydrogens is 993 g/mol. The average molecular weight is 1070 g/mol. The first-order valence-corrected chi connectivity index (χ1v) is 30.4. The van der Waals surface area contributed by atoms with Crippen molar-refractivity contribution in [2.24, 2.45) is 0 Å². The maximum Gasteiger partial charge on any atom is 0.0816 e. The molecule has 8 aromatic carbocycles. The smallest absolute Gasteiger partial charge is 0.0816 e. The monoisotopic (exact) mass is 1070 g/mol. The maximum atomic E-state index is 6.10. The van der Waals surface area contributed by atoms with Gasteiger partial charge in [0.05, 0.1) is 22.4 Å². The molecule has 2 N–H and O–H groups in total. The lowest BCUT2D eigenvalue weighted by atomic mass is 9.79. The van der Waals surface area contributed by atoms with Crippen LogP contribution in [-0.4, -0.2) is 19.9 Å². The first kappa shape index (κ1) is 53.5. The number of hydrogen-bond acceptors (Lipinski definition) is 2. The van der Waals surface area contributed by atoms with Crippen LogP contribution in [0.25, 0.3) is 132 Å². The molecule has 1 aliphatic rings. The van der Waals surface area contributed by atoms with Gasteiger partial charge in [-0.3, -0.25) is 0 Å². The number of benzene rings is 8. The Bertz CT molecular complexity index is 4600. The normalized spacial score (nSPS) is 13.2. The molecule has 4 nitrogen and oxygen atoms in total. The molecule has 5 heterocycles. The summed E-state index contributed by atoms with van der Waals surface area (Å²) in [5, 5.41) is 13.0. The number of aryl methyl sites for hydroxylation is 2.